The lowest BCUT2D eigenvalue weighted by atomic mass is 9.88. The molecule has 0 bridgehead atoms. The average Bonchev–Trinajstić information content (AvgIpc) is 3.24. The molecule has 3 amide bonds. The minimum Gasteiger partial charge on any atom is -0.371 e. The van der Waals surface area contributed by atoms with Gasteiger partial charge in [0.1, 0.15) is 11.5 Å². The van der Waals surface area contributed by atoms with E-state index in [-0.39, 0.29) is 20.9 Å². The Hall–Kier alpha value is -4.17. The Morgan fingerprint density at radius 1 is 1.03 bits per heavy atom. The zero-order chi connectivity index (χ0) is 27.1. The van der Waals surface area contributed by atoms with Crippen LogP contribution in [0.1, 0.15) is 28.0 Å². The van der Waals surface area contributed by atoms with E-state index in [1.165, 1.54) is 23.1 Å². The van der Waals surface area contributed by atoms with Gasteiger partial charge < -0.3 is 15.3 Å². The Bertz CT molecular complexity index is 1520. The third-order valence-corrected chi connectivity index (χ3v) is 6.89. The molecule has 14 heteroatoms. The zero-order valence-corrected chi connectivity index (χ0v) is 20.1. The quantitative estimate of drug-likeness (QED) is 0.317. The molecule has 9 nitrogen and oxygen atoms in total. The van der Waals surface area contributed by atoms with Crippen LogP contribution in [0.3, 0.4) is 0 Å². The largest absolute Gasteiger partial charge is 0.427 e. The van der Waals surface area contributed by atoms with Crippen molar-refractivity contribution in [1.29, 1.82) is 0 Å². The fraction of sp³-hybridized carbons (Fsp3) is 0.208. The van der Waals surface area contributed by atoms with E-state index >= 15 is 0 Å². The molecule has 5 rings (SSSR count). The fourth-order valence-electron chi connectivity index (χ4n) is 3.81. The number of thiazole rings is 1. The topological polar surface area (TPSA) is 120 Å². The summed E-state index contributed by atoms with van der Waals surface area (Å²) in [5.41, 5.74) is -4.51. The monoisotopic (exact) mass is 546 g/mol. The Morgan fingerprint density at radius 3 is 2.42 bits per heavy atom. The van der Waals surface area contributed by atoms with Gasteiger partial charge in [-0.25, -0.2) is 14.2 Å². The van der Waals surface area contributed by atoms with Crippen molar-refractivity contribution in [2.45, 2.75) is 18.2 Å². The number of anilines is 2. The van der Waals surface area contributed by atoms with Crippen LogP contribution in [0.2, 0.25) is 0 Å². The van der Waals surface area contributed by atoms with E-state index in [2.05, 4.69) is 25.8 Å². The molecule has 2 aromatic heterocycles. The number of benzene rings is 2. The summed E-state index contributed by atoms with van der Waals surface area (Å²) in [6.07, 6.45) is -3.36. The van der Waals surface area contributed by atoms with Gasteiger partial charge in [0, 0.05) is 24.3 Å². The van der Waals surface area contributed by atoms with E-state index in [1.54, 1.807) is 0 Å². The number of nitrogens with zero attached hydrogens (tertiary/aromatic N) is 4. The summed E-state index contributed by atoms with van der Waals surface area (Å²) < 4.78 is 56.3. The number of aliphatic hydroxyl groups is 1. The number of hydrogen-bond donors (Lipinski definition) is 3. The molecule has 38 heavy (non-hydrogen) atoms. The lowest BCUT2D eigenvalue weighted by Crippen LogP contribution is -2.45. The highest BCUT2D eigenvalue weighted by atomic mass is 32.1. The number of aromatic nitrogens is 3. The van der Waals surface area contributed by atoms with Crippen molar-refractivity contribution in [2.24, 2.45) is 0 Å². The van der Waals surface area contributed by atoms with Gasteiger partial charge in [-0.05, 0) is 48.9 Å². The summed E-state index contributed by atoms with van der Waals surface area (Å²) in [6, 6.07) is 8.64. The standard InChI is InChI=1S/C24H18F4N6O3S/c25-15-3-5-16(6-4-15)30-21(36)32-22-31-17-7-2-14(11-18(17)38-22)23(37,24(26,27)28)19-10-13(12-29-33-19)20(35)34-8-1-9-34/h2-7,10-12,37H,1,8-9H2,(H2,30,31,32,36). The van der Waals surface area contributed by atoms with E-state index in [0.29, 0.717) is 18.8 Å². The van der Waals surface area contributed by atoms with Gasteiger partial charge in [0.2, 0.25) is 5.60 Å². The molecule has 1 aliphatic rings. The van der Waals surface area contributed by atoms with Crippen LogP contribution in [0.5, 0.6) is 0 Å². The van der Waals surface area contributed by atoms with Crippen LogP contribution < -0.4 is 10.6 Å². The SMILES string of the molecule is O=C(Nc1ccc(F)cc1)Nc1nc2ccc(C(O)(c3cc(C(=O)N4CCC4)cnn3)C(F)(F)F)cc2s1. The lowest BCUT2D eigenvalue weighted by Gasteiger charge is -2.32. The molecule has 3 heterocycles. The van der Waals surface area contributed by atoms with Gasteiger partial charge in [0.25, 0.3) is 5.91 Å². The molecular formula is C24H18F4N6O3S. The molecule has 196 valence electrons. The second kappa shape index (κ2) is 9.61. The average molecular weight is 547 g/mol. The highest BCUT2D eigenvalue weighted by molar-refractivity contribution is 7.22. The summed E-state index contributed by atoms with van der Waals surface area (Å²) in [6.45, 7) is 0.973. The van der Waals surface area contributed by atoms with Crippen LogP contribution in [0.25, 0.3) is 10.2 Å². The summed E-state index contributed by atoms with van der Waals surface area (Å²) in [5, 5.41) is 23.1. The van der Waals surface area contributed by atoms with Crippen LogP contribution in [0.15, 0.2) is 54.7 Å². The second-order valence-electron chi connectivity index (χ2n) is 8.47. The predicted molar refractivity (Wildman–Crippen MR) is 130 cm³/mol. The number of urea groups is 1. The second-order valence-corrected chi connectivity index (χ2v) is 9.50. The number of fused-ring (bicyclic) bond motifs is 1. The number of hydrogen-bond acceptors (Lipinski definition) is 7. The molecule has 1 aliphatic heterocycles. The highest BCUT2D eigenvalue weighted by Gasteiger charge is 2.58. The van der Waals surface area contributed by atoms with Crippen molar-refractivity contribution in [3.63, 3.8) is 0 Å². The molecule has 0 saturated carbocycles. The van der Waals surface area contributed by atoms with E-state index < -0.39 is 40.8 Å². The van der Waals surface area contributed by atoms with Crippen LogP contribution >= 0.6 is 11.3 Å². The molecule has 3 N–H and O–H groups in total. The van der Waals surface area contributed by atoms with Crippen LogP contribution in [0.4, 0.5) is 33.2 Å². The molecular weight excluding hydrogens is 528 g/mol. The first kappa shape index (κ1) is 25.5. The van der Waals surface area contributed by atoms with Crippen LogP contribution in [-0.4, -0.2) is 56.4 Å². The van der Waals surface area contributed by atoms with E-state index in [1.807, 2.05) is 0 Å². The Labute approximate surface area is 216 Å². The van der Waals surface area contributed by atoms with E-state index in [0.717, 1.165) is 54.3 Å². The maximum atomic E-state index is 14.3. The number of likely N-dealkylation sites (tertiary alicyclic amines) is 1. The summed E-state index contributed by atoms with van der Waals surface area (Å²) in [7, 11) is 0. The predicted octanol–water partition coefficient (Wildman–Crippen LogP) is 4.51. The third kappa shape index (κ3) is 4.75. The van der Waals surface area contributed by atoms with Crippen molar-refractivity contribution in [1.82, 2.24) is 20.1 Å². The molecule has 0 spiro atoms. The van der Waals surface area contributed by atoms with Gasteiger partial charge in [-0.1, -0.05) is 17.4 Å². The van der Waals surface area contributed by atoms with Crippen molar-refractivity contribution in [3.8, 4) is 0 Å². The van der Waals surface area contributed by atoms with Crippen LogP contribution in [-0.2, 0) is 5.60 Å². The van der Waals surface area contributed by atoms with Gasteiger partial charge in [0.05, 0.1) is 22.0 Å². The molecule has 1 unspecified atom stereocenters. The number of rotatable bonds is 5. The Morgan fingerprint density at radius 2 is 1.76 bits per heavy atom. The van der Waals surface area contributed by atoms with Crippen LogP contribution in [0, 0.1) is 5.82 Å². The number of carbonyl (C=O) groups is 2. The molecule has 1 fully saturated rings. The normalized spacial score (nSPS) is 15.0. The molecule has 0 aliphatic carbocycles. The molecule has 1 saturated heterocycles. The number of amides is 3. The lowest BCUT2D eigenvalue weighted by molar-refractivity contribution is -0.250. The number of alkyl halides is 3. The number of halogens is 4. The van der Waals surface area contributed by atoms with Crippen molar-refractivity contribution >= 4 is 44.3 Å². The molecule has 4 aromatic rings. The fourth-order valence-corrected chi connectivity index (χ4v) is 4.72. The Kier molecular flexibility index (Phi) is 6.44. The summed E-state index contributed by atoms with van der Waals surface area (Å²) >= 11 is 0.879. The minimum absolute atomic E-state index is 0.0780. The van der Waals surface area contributed by atoms with Gasteiger partial charge >= 0.3 is 12.2 Å². The third-order valence-electron chi connectivity index (χ3n) is 5.95. The first-order valence-corrected chi connectivity index (χ1v) is 12.0. The van der Waals surface area contributed by atoms with E-state index in [9.17, 15) is 32.3 Å². The molecule has 1 atom stereocenters. The minimum atomic E-state index is -5.21. The smallest absolute Gasteiger partial charge is 0.371 e. The van der Waals surface area contributed by atoms with Crippen molar-refractivity contribution < 1.29 is 32.3 Å². The highest BCUT2D eigenvalue weighted by Crippen LogP contribution is 2.44. The first-order valence-electron chi connectivity index (χ1n) is 11.2. The maximum Gasteiger partial charge on any atom is 0.427 e. The summed E-state index contributed by atoms with van der Waals surface area (Å²) in [5.74, 6) is -0.971. The van der Waals surface area contributed by atoms with Gasteiger partial charge in [-0.2, -0.15) is 23.4 Å². The molecule has 2 aromatic carbocycles. The van der Waals surface area contributed by atoms with E-state index in [4.69, 9.17) is 0 Å². The van der Waals surface area contributed by atoms with Gasteiger partial charge in [-0.15, -0.1) is 0 Å². The first-order chi connectivity index (χ1) is 18.0. The molecule has 0 radical (unpaired) electrons. The summed E-state index contributed by atoms with van der Waals surface area (Å²) in [4.78, 5) is 30.4. The van der Waals surface area contributed by atoms with Gasteiger partial charge in [-0.3, -0.25) is 10.1 Å². The number of carbonyl (C=O) groups excluding carboxylic acids is 2. The van der Waals surface area contributed by atoms with Crippen molar-refractivity contribution in [2.75, 3.05) is 23.7 Å². The van der Waals surface area contributed by atoms with Gasteiger partial charge in [0.15, 0.2) is 5.13 Å². The van der Waals surface area contributed by atoms with Crippen molar-refractivity contribution in [3.05, 3.63) is 77.4 Å². The number of nitrogens with one attached hydrogen (secondary N) is 2. The Balaban J connectivity index is 1.44. The maximum absolute atomic E-state index is 14.3. The zero-order valence-electron chi connectivity index (χ0n) is 19.3.